The maximum atomic E-state index is 5.34. The Bertz CT molecular complexity index is 323. The van der Waals surface area contributed by atoms with Gasteiger partial charge in [-0.1, -0.05) is 57.0 Å². The zero-order valence-electron chi connectivity index (χ0n) is 12.9. The highest BCUT2D eigenvalue weighted by molar-refractivity contribution is 5.19. The van der Waals surface area contributed by atoms with E-state index in [1.807, 2.05) is 0 Å². The Kier molecular flexibility index (Phi) is 7.76. The summed E-state index contributed by atoms with van der Waals surface area (Å²) < 4.78 is 5.34. The van der Waals surface area contributed by atoms with Gasteiger partial charge < -0.3 is 10.1 Å². The summed E-state index contributed by atoms with van der Waals surface area (Å²) in [6, 6.07) is 11.4. The molecular weight excluding hydrogens is 234 g/mol. The summed E-state index contributed by atoms with van der Waals surface area (Å²) in [4.78, 5) is 0. The molecule has 1 aromatic rings. The molecule has 2 heteroatoms. The third kappa shape index (κ3) is 6.74. The Morgan fingerprint density at radius 1 is 1.05 bits per heavy atom. The molecule has 0 aromatic heterocycles. The normalized spacial score (nSPS) is 14.6. The number of hydrogen-bond acceptors (Lipinski definition) is 2. The van der Waals surface area contributed by atoms with Crippen LogP contribution in [-0.4, -0.2) is 19.8 Å². The first kappa shape index (κ1) is 16.2. The summed E-state index contributed by atoms with van der Waals surface area (Å²) in [7, 11) is 1.76. The summed E-state index contributed by atoms with van der Waals surface area (Å²) in [5.74, 6) is 0.802. The van der Waals surface area contributed by atoms with Gasteiger partial charge in [-0.15, -0.1) is 0 Å². The second-order valence-electron chi connectivity index (χ2n) is 5.81. The van der Waals surface area contributed by atoms with Crippen LogP contribution >= 0.6 is 0 Å². The van der Waals surface area contributed by atoms with E-state index in [4.69, 9.17) is 4.74 Å². The van der Waals surface area contributed by atoms with E-state index in [9.17, 15) is 0 Å². The van der Waals surface area contributed by atoms with Crippen LogP contribution < -0.4 is 5.32 Å². The summed E-state index contributed by atoms with van der Waals surface area (Å²) in [6.07, 6.45) is 3.83. The van der Waals surface area contributed by atoms with Crippen molar-refractivity contribution < 1.29 is 4.74 Å². The van der Waals surface area contributed by atoms with Gasteiger partial charge in [0.15, 0.2) is 0 Å². The number of methoxy groups -OCH3 is 1. The van der Waals surface area contributed by atoms with E-state index in [1.165, 1.54) is 24.8 Å². The molecule has 108 valence electrons. The lowest BCUT2D eigenvalue weighted by Crippen LogP contribution is -2.33. The van der Waals surface area contributed by atoms with Crippen LogP contribution in [0, 0.1) is 5.92 Å². The Balaban J connectivity index is 2.45. The highest BCUT2D eigenvalue weighted by Crippen LogP contribution is 2.16. The Hall–Kier alpha value is -0.860. The van der Waals surface area contributed by atoms with Gasteiger partial charge in [0.1, 0.15) is 0 Å². The highest BCUT2D eigenvalue weighted by Gasteiger charge is 2.13. The van der Waals surface area contributed by atoms with Crippen LogP contribution in [0.2, 0.25) is 0 Å². The van der Waals surface area contributed by atoms with Crippen LogP contribution in [-0.2, 0) is 4.74 Å². The lowest BCUT2D eigenvalue weighted by molar-refractivity contribution is 0.160. The zero-order chi connectivity index (χ0) is 14.1. The topological polar surface area (TPSA) is 21.3 Å². The van der Waals surface area contributed by atoms with Gasteiger partial charge in [-0.3, -0.25) is 0 Å². The van der Waals surface area contributed by atoms with E-state index < -0.39 is 0 Å². The van der Waals surface area contributed by atoms with E-state index in [1.54, 1.807) is 7.11 Å². The van der Waals surface area contributed by atoms with Gasteiger partial charge >= 0.3 is 0 Å². The molecule has 19 heavy (non-hydrogen) atoms. The molecule has 0 aliphatic rings. The lowest BCUT2D eigenvalue weighted by Gasteiger charge is -2.23. The fourth-order valence-electron chi connectivity index (χ4n) is 2.35. The lowest BCUT2D eigenvalue weighted by atomic mass is 10.0. The maximum Gasteiger partial charge on any atom is 0.0657 e. The number of nitrogens with one attached hydrogen (secondary N) is 1. The molecule has 0 bridgehead atoms. The van der Waals surface area contributed by atoms with Crippen LogP contribution in [0.5, 0.6) is 0 Å². The van der Waals surface area contributed by atoms with Gasteiger partial charge in [0, 0.05) is 13.2 Å². The average molecular weight is 263 g/mol. The van der Waals surface area contributed by atoms with Crippen molar-refractivity contribution in [1.29, 1.82) is 0 Å². The fourth-order valence-corrected chi connectivity index (χ4v) is 2.35. The van der Waals surface area contributed by atoms with Gasteiger partial charge in [0.2, 0.25) is 0 Å². The molecule has 0 spiro atoms. The largest absolute Gasteiger partial charge is 0.383 e. The molecule has 0 amide bonds. The van der Waals surface area contributed by atoms with Gasteiger partial charge in [-0.25, -0.2) is 0 Å². The summed E-state index contributed by atoms with van der Waals surface area (Å²) >= 11 is 0. The van der Waals surface area contributed by atoms with Crippen molar-refractivity contribution in [3.05, 3.63) is 35.9 Å². The van der Waals surface area contributed by atoms with Crippen LogP contribution in [0.3, 0.4) is 0 Å². The second kappa shape index (κ2) is 9.11. The van der Waals surface area contributed by atoms with Crippen molar-refractivity contribution in [2.24, 2.45) is 5.92 Å². The molecule has 2 unspecified atom stereocenters. The average Bonchev–Trinajstić information content (AvgIpc) is 2.39. The van der Waals surface area contributed by atoms with E-state index in [0.29, 0.717) is 12.1 Å². The van der Waals surface area contributed by atoms with Crippen molar-refractivity contribution >= 4 is 0 Å². The number of rotatable bonds is 9. The molecule has 0 radical (unpaired) electrons. The number of benzene rings is 1. The van der Waals surface area contributed by atoms with Crippen LogP contribution in [0.15, 0.2) is 30.3 Å². The number of ether oxygens (including phenoxy) is 1. The van der Waals surface area contributed by atoms with Crippen LogP contribution in [0.4, 0.5) is 0 Å². The van der Waals surface area contributed by atoms with Crippen LogP contribution in [0.25, 0.3) is 0 Å². The van der Waals surface area contributed by atoms with E-state index >= 15 is 0 Å². The smallest absolute Gasteiger partial charge is 0.0657 e. The molecule has 0 aliphatic heterocycles. The molecule has 2 atom stereocenters. The first-order valence-corrected chi connectivity index (χ1v) is 7.43. The van der Waals surface area contributed by atoms with E-state index in [2.05, 4.69) is 56.4 Å². The SMILES string of the molecule is COCC(NC(C)CCCC(C)C)c1ccccc1. The van der Waals surface area contributed by atoms with Gasteiger partial charge in [-0.2, -0.15) is 0 Å². The molecule has 0 saturated heterocycles. The first-order valence-electron chi connectivity index (χ1n) is 7.43. The van der Waals surface area contributed by atoms with E-state index in [-0.39, 0.29) is 0 Å². The molecule has 0 saturated carbocycles. The molecule has 0 heterocycles. The Morgan fingerprint density at radius 3 is 2.32 bits per heavy atom. The molecular formula is C17H29NO. The summed E-state index contributed by atoms with van der Waals surface area (Å²) in [6.45, 7) is 7.57. The maximum absolute atomic E-state index is 5.34. The van der Waals surface area contributed by atoms with Gasteiger partial charge in [0.25, 0.3) is 0 Å². The van der Waals surface area contributed by atoms with Crippen molar-refractivity contribution in [2.75, 3.05) is 13.7 Å². The summed E-state index contributed by atoms with van der Waals surface area (Å²) in [5, 5.41) is 3.68. The molecule has 0 fully saturated rings. The number of hydrogen-bond donors (Lipinski definition) is 1. The highest BCUT2D eigenvalue weighted by atomic mass is 16.5. The molecule has 1 rings (SSSR count). The first-order chi connectivity index (χ1) is 9.13. The standard InChI is InChI=1S/C17H29NO/c1-14(2)9-8-10-15(3)18-17(13-19-4)16-11-6-5-7-12-16/h5-7,11-12,14-15,17-18H,8-10,13H2,1-4H3. The predicted molar refractivity (Wildman–Crippen MR) is 82.3 cm³/mol. The molecule has 1 N–H and O–H groups in total. The monoisotopic (exact) mass is 263 g/mol. The van der Waals surface area contributed by atoms with Crippen LogP contribution in [0.1, 0.15) is 51.6 Å². The van der Waals surface area contributed by atoms with Crippen molar-refractivity contribution in [1.82, 2.24) is 5.32 Å². The van der Waals surface area contributed by atoms with E-state index in [0.717, 1.165) is 12.5 Å². The molecule has 2 nitrogen and oxygen atoms in total. The minimum absolute atomic E-state index is 0.292. The Morgan fingerprint density at radius 2 is 1.74 bits per heavy atom. The van der Waals surface area contributed by atoms with Gasteiger partial charge in [0.05, 0.1) is 12.6 Å². The molecule has 1 aromatic carbocycles. The zero-order valence-corrected chi connectivity index (χ0v) is 12.9. The van der Waals surface area contributed by atoms with Crippen molar-refractivity contribution in [2.45, 2.75) is 52.1 Å². The summed E-state index contributed by atoms with van der Waals surface area (Å²) in [5.41, 5.74) is 1.31. The predicted octanol–water partition coefficient (Wildman–Crippen LogP) is 4.18. The third-order valence-electron chi connectivity index (χ3n) is 3.44. The Labute approximate surface area is 118 Å². The fraction of sp³-hybridized carbons (Fsp3) is 0.647. The molecule has 0 aliphatic carbocycles. The van der Waals surface area contributed by atoms with Crippen molar-refractivity contribution in [3.8, 4) is 0 Å². The second-order valence-corrected chi connectivity index (χ2v) is 5.81. The minimum atomic E-state index is 0.292. The minimum Gasteiger partial charge on any atom is -0.383 e. The third-order valence-corrected chi connectivity index (χ3v) is 3.44. The quantitative estimate of drug-likeness (QED) is 0.721. The van der Waals surface area contributed by atoms with Gasteiger partial charge in [-0.05, 0) is 24.8 Å². The van der Waals surface area contributed by atoms with Crippen molar-refractivity contribution in [3.63, 3.8) is 0 Å².